The van der Waals surface area contributed by atoms with Crippen LogP contribution in [0.2, 0.25) is 0 Å². The van der Waals surface area contributed by atoms with Gasteiger partial charge in [-0.3, -0.25) is 4.90 Å². The van der Waals surface area contributed by atoms with Crippen molar-refractivity contribution in [2.45, 2.75) is 51.3 Å². The predicted octanol–water partition coefficient (Wildman–Crippen LogP) is 1.48. The quantitative estimate of drug-likeness (QED) is 0.789. The molecule has 1 N–H and O–H groups in total. The third-order valence-corrected chi connectivity index (χ3v) is 5.24. The molecule has 98 valence electrons. The van der Waals surface area contributed by atoms with E-state index in [0.717, 1.165) is 30.5 Å². The van der Waals surface area contributed by atoms with Gasteiger partial charge in [-0.25, -0.2) is 0 Å². The van der Waals surface area contributed by atoms with Crippen molar-refractivity contribution < 1.29 is 4.74 Å². The van der Waals surface area contributed by atoms with Crippen LogP contribution in [0, 0.1) is 11.8 Å². The van der Waals surface area contributed by atoms with E-state index in [9.17, 15) is 0 Å². The summed E-state index contributed by atoms with van der Waals surface area (Å²) in [6.07, 6.45) is 4.19. The standard InChI is InChI=1S/C14H26N2O/c1-3-13-6-12(4-5-17-13)16-9-11-7-15-8-14(11)10(16)2/h10-15H,3-9H2,1-2H3. The molecule has 3 saturated heterocycles. The SMILES string of the molecule is CCC1CC(N2CC3CNCC3C2C)CCO1. The molecule has 0 amide bonds. The lowest BCUT2D eigenvalue weighted by atomic mass is 9.95. The van der Waals surface area contributed by atoms with Gasteiger partial charge in [-0.1, -0.05) is 6.92 Å². The summed E-state index contributed by atoms with van der Waals surface area (Å²) >= 11 is 0. The average Bonchev–Trinajstić information content (AvgIpc) is 2.93. The Balaban J connectivity index is 1.64. The van der Waals surface area contributed by atoms with Gasteiger partial charge < -0.3 is 10.1 Å². The summed E-state index contributed by atoms with van der Waals surface area (Å²) in [5.74, 6) is 1.81. The molecule has 17 heavy (non-hydrogen) atoms. The van der Waals surface area contributed by atoms with Gasteiger partial charge in [0.15, 0.2) is 0 Å². The van der Waals surface area contributed by atoms with Crippen LogP contribution in [0.15, 0.2) is 0 Å². The van der Waals surface area contributed by atoms with Gasteiger partial charge in [0, 0.05) is 25.2 Å². The van der Waals surface area contributed by atoms with Crippen molar-refractivity contribution in [3.05, 3.63) is 0 Å². The highest BCUT2D eigenvalue weighted by molar-refractivity contribution is 4.99. The molecule has 0 spiro atoms. The minimum Gasteiger partial charge on any atom is -0.378 e. The van der Waals surface area contributed by atoms with Gasteiger partial charge in [-0.2, -0.15) is 0 Å². The van der Waals surface area contributed by atoms with Gasteiger partial charge in [0.05, 0.1) is 6.10 Å². The fourth-order valence-electron chi connectivity index (χ4n) is 4.13. The zero-order valence-corrected chi connectivity index (χ0v) is 11.2. The van der Waals surface area contributed by atoms with Crippen LogP contribution in [0.25, 0.3) is 0 Å². The molecular formula is C14H26N2O. The van der Waals surface area contributed by atoms with E-state index in [4.69, 9.17) is 4.74 Å². The molecule has 0 aromatic rings. The number of nitrogens with one attached hydrogen (secondary N) is 1. The minimum absolute atomic E-state index is 0.513. The molecule has 5 unspecified atom stereocenters. The van der Waals surface area contributed by atoms with E-state index >= 15 is 0 Å². The maximum atomic E-state index is 5.81. The average molecular weight is 238 g/mol. The Hall–Kier alpha value is -0.120. The Morgan fingerprint density at radius 2 is 2.24 bits per heavy atom. The Labute approximate surface area is 105 Å². The lowest BCUT2D eigenvalue weighted by Crippen LogP contribution is -2.45. The molecule has 0 aliphatic carbocycles. The summed E-state index contributed by atoms with van der Waals surface area (Å²) in [6, 6.07) is 1.56. The summed E-state index contributed by atoms with van der Waals surface area (Å²) in [5, 5.41) is 3.55. The van der Waals surface area contributed by atoms with Crippen LogP contribution in [-0.4, -0.2) is 49.3 Å². The van der Waals surface area contributed by atoms with Crippen molar-refractivity contribution in [1.29, 1.82) is 0 Å². The first kappa shape index (κ1) is 11.9. The normalized spacial score (nSPS) is 47.3. The lowest BCUT2D eigenvalue weighted by Gasteiger charge is -2.38. The predicted molar refractivity (Wildman–Crippen MR) is 69.1 cm³/mol. The Morgan fingerprint density at radius 1 is 1.35 bits per heavy atom. The Morgan fingerprint density at radius 3 is 3.00 bits per heavy atom. The van der Waals surface area contributed by atoms with E-state index in [-0.39, 0.29) is 0 Å². The van der Waals surface area contributed by atoms with Gasteiger partial charge in [0.2, 0.25) is 0 Å². The van der Waals surface area contributed by atoms with Crippen LogP contribution in [-0.2, 0) is 4.74 Å². The molecule has 5 atom stereocenters. The number of likely N-dealkylation sites (tertiary alicyclic amines) is 1. The van der Waals surface area contributed by atoms with Crippen LogP contribution in [0.5, 0.6) is 0 Å². The molecule has 3 aliphatic rings. The van der Waals surface area contributed by atoms with Gasteiger partial charge in [0.1, 0.15) is 0 Å². The molecule has 3 rings (SSSR count). The summed E-state index contributed by atoms with van der Waals surface area (Å²) in [4.78, 5) is 2.79. The molecule has 3 heteroatoms. The summed E-state index contributed by atoms with van der Waals surface area (Å²) in [5.41, 5.74) is 0. The third-order valence-electron chi connectivity index (χ3n) is 5.24. The number of rotatable bonds is 2. The smallest absolute Gasteiger partial charge is 0.0587 e. The van der Waals surface area contributed by atoms with Crippen LogP contribution >= 0.6 is 0 Å². The van der Waals surface area contributed by atoms with Gasteiger partial charge in [0.25, 0.3) is 0 Å². The first-order valence-electron chi connectivity index (χ1n) is 7.37. The molecular weight excluding hydrogens is 212 g/mol. The topological polar surface area (TPSA) is 24.5 Å². The van der Waals surface area contributed by atoms with Gasteiger partial charge in [-0.15, -0.1) is 0 Å². The highest BCUT2D eigenvalue weighted by Crippen LogP contribution is 2.36. The zero-order chi connectivity index (χ0) is 11.8. The van der Waals surface area contributed by atoms with Crippen LogP contribution in [0.4, 0.5) is 0 Å². The maximum Gasteiger partial charge on any atom is 0.0587 e. The second-order valence-corrected chi connectivity index (χ2v) is 6.10. The number of ether oxygens (including phenoxy) is 1. The van der Waals surface area contributed by atoms with Crippen molar-refractivity contribution in [3.8, 4) is 0 Å². The summed E-state index contributed by atoms with van der Waals surface area (Å²) in [6.45, 7) is 9.46. The lowest BCUT2D eigenvalue weighted by molar-refractivity contribution is -0.0318. The van der Waals surface area contributed by atoms with Crippen molar-refractivity contribution in [2.75, 3.05) is 26.2 Å². The molecule has 3 aliphatic heterocycles. The molecule has 3 nitrogen and oxygen atoms in total. The maximum absolute atomic E-state index is 5.81. The van der Waals surface area contributed by atoms with Crippen LogP contribution in [0.3, 0.4) is 0 Å². The van der Waals surface area contributed by atoms with Crippen LogP contribution < -0.4 is 5.32 Å². The highest BCUT2D eigenvalue weighted by Gasteiger charge is 2.44. The number of hydrogen-bond acceptors (Lipinski definition) is 3. The molecule has 3 heterocycles. The van der Waals surface area contributed by atoms with E-state index in [0.29, 0.717) is 6.10 Å². The molecule has 0 radical (unpaired) electrons. The first-order valence-corrected chi connectivity index (χ1v) is 7.37. The number of nitrogens with zero attached hydrogens (tertiary/aromatic N) is 1. The second-order valence-electron chi connectivity index (χ2n) is 6.10. The zero-order valence-electron chi connectivity index (χ0n) is 11.2. The largest absolute Gasteiger partial charge is 0.378 e. The van der Waals surface area contributed by atoms with E-state index in [1.165, 1.54) is 38.9 Å². The summed E-state index contributed by atoms with van der Waals surface area (Å²) in [7, 11) is 0. The van der Waals surface area contributed by atoms with Crippen molar-refractivity contribution in [3.63, 3.8) is 0 Å². The van der Waals surface area contributed by atoms with Gasteiger partial charge >= 0.3 is 0 Å². The van der Waals surface area contributed by atoms with E-state index < -0.39 is 0 Å². The fraction of sp³-hybridized carbons (Fsp3) is 1.00. The van der Waals surface area contributed by atoms with Crippen LogP contribution in [0.1, 0.15) is 33.1 Å². The molecule has 0 bridgehead atoms. The number of fused-ring (bicyclic) bond motifs is 1. The van der Waals surface area contributed by atoms with Gasteiger partial charge in [-0.05, 0) is 51.1 Å². The number of hydrogen-bond donors (Lipinski definition) is 1. The third kappa shape index (κ3) is 2.13. The molecule has 0 saturated carbocycles. The Bertz CT molecular complexity index is 271. The van der Waals surface area contributed by atoms with E-state index in [1.54, 1.807) is 0 Å². The van der Waals surface area contributed by atoms with E-state index in [2.05, 4.69) is 24.1 Å². The Kier molecular flexibility index (Phi) is 3.42. The summed E-state index contributed by atoms with van der Waals surface area (Å²) < 4.78 is 5.81. The molecule has 0 aromatic heterocycles. The molecule has 0 aromatic carbocycles. The first-order chi connectivity index (χ1) is 8.29. The fourth-order valence-corrected chi connectivity index (χ4v) is 4.13. The van der Waals surface area contributed by atoms with Crippen molar-refractivity contribution in [2.24, 2.45) is 11.8 Å². The monoisotopic (exact) mass is 238 g/mol. The minimum atomic E-state index is 0.513. The van der Waals surface area contributed by atoms with Crippen molar-refractivity contribution in [1.82, 2.24) is 10.2 Å². The van der Waals surface area contributed by atoms with E-state index in [1.807, 2.05) is 0 Å². The highest BCUT2D eigenvalue weighted by atomic mass is 16.5. The molecule has 3 fully saturated rings. The second kappa shape index (κ2) is 4.87. The van der Waals surface area contributed by atoms with Crippen molar-refractivity contribution >= 4 is 0 Å².